The van der Waals surface area contributed by atoms with E-state index in [1.807, 2.05) is 74.5 Å². The summed E-state index contributed by atoms with van der Waals surface area (Å²) >= 11 is 0. The molecule has 0 atom stereocenters. The highest BCUT2D eigenvalue weighted by molar-refractivity contribution is 5.93. The van der Waals surface area contributed by atoms with E-state index >= 15 is 0 Å². The van der Waals surface area contributed by atoms with Gasteiger partial charge < -0.3 is 5.32 Å². The molecule has 2 aromatic heterocycles. The van der Waals surface area contributed by atoms with Gasteiger partial charge in [-0.05, 0) is 44.2 Å². The highest BCUT2D eigenvalue weighted by Gasteiger charge is 2.11. The lowest BCUT2D eigenvalue weighted by Crippen LogP contribution is -2.24. The monoisotopic (exact) mass is 356 g/mol. The van der Waals surface area contributed by atoms with E-state index in [-0.39, 0.29) is 5.56 Å². The Bertz CT molecular complexity index is 1160. The van der Waals surface area contributed by atoms with Gasteiger partial charge in [-0.3, -0.25) is 9.78 Å². The van der Waals surface area contributed by atoms with Crippen molar-refractivity contribution in [1.29, 1.82) is 0 Å². The summed E-state index contributed by atoms with van der Waals surface area (Å²) in [5, 5.41) is 8.77. The molecule has 4 rings (SSSR count). The van der Waals surface area contributed by atoms with Gasteiger partial charge in [0, 0.05) is 29.4 Å². The second kappa shape index (κ2) is 7.03. The molecule has 0 bridgehead atoms. The van der Waals surface area contributed by atoms with Crippen LogP contribution in [-0.4, -0.2) is 14.8 Å². The molecule has 4 aromatic rings. The lowest BCUT2D eigenvalue weighted by molar-refractivity contribution is 0.621. The van der Waals surface area contributed by atoms with Crippen molar-refractivity contribution in [3.8, 4) is 11.3 Å². The van der Waals surface area contributed by atoms with Gasteiger partial charge in [-0.1, -0.05) is 35.9 Å². The summed E-state index contributed by atoms with van der Waals surface area (Å²) in [4.78, 5) is 17.2. The Kier molecular flexibility index (Phi) is 4.42. The zero-order valence-corrected chi connectivity index (χ0v) is 15.3. The standard InChI is InChI=1S/C22H20N4O/c1-3-26-22(27)21(14-20(25-26)16-11-9-15(2)10-12-16)24-19-8-4-7-18-17(19)6-5-13-23-18/h4-14,24H,3H2,1-2H3. The molecule has 0 aliphatic carbocycles. The van der Waals surface area contributed by atoms with Crippen molar-refractivity contribution >= 4 is 22.3 Å². The maximum atomic E-state index is 12.8. The lowest BCUT2D eigenvalue weighted by Gasteiger charge is -2.13. The van der Waals surface area contributed by atoms with Crippen LogP contribution in [0, 0.1) is 6.92 Å². The fourth-order valence-corrected chi connectivity index (χ4v) is 3.07. The minimum absolute atomic E-state index is 0.144. The number of fused-ring (bicyclic) bond motifs is 1. The Balaban J connectivity index is 1.83. The van der Waals surface area contributed by atoms with Crippen LogP contribution in [0.15, 0.2) is 71.7 Å². The van der Waals surface area contributed by atoms with Crippen molar-refractivity contribution in [2.45, 2.75) is 20.4 Å². The number of aryl methyl sites for hydroxylation is 2. The van der Waals surface area contributed by atoms with Crippen LogP contribution in [0.25, 0.3) is 22.2 Å². The van der Waals surface area contributed by atoms with Crippen LogP contribution < -0.4 is 10.9 Å². The summed E-state index contributed by atoms with van der Waals surface area (Å²) in [6.07, 6.45) is 1.76. The van der Waals surface area contributed by atoms with Crippen molar-refractivity contribution in [3.63, 3.8) is 0 Å². The molecule has 0 radical (unpaired) electrons. The quantitative estimate of drug-likeness (QED) is 0.584. The van der Waals surface area contributed by atoms with Crippen molar-refractivity contribution in [3.05, 3.63) is 82.8 Å². The molecule has 1 N–H and O–H groups in total. The molecule has 5 heteroatoms. The average Bonchev–Trinajstić information content (AvgIpc) is 2.70. The molecular formula is C22H20N4O. The molecule has 0 spiro atoms. The van der Waals surface area contributed by atoms with Crippen LogP contribution >= 0.6 is 0 Å². The van der Waals surface area contributed by atoms with Gasteiger partial charge in [0.1, 0.15) is 5.69 Å². The topological polar surface area (TPSA) is 59.8 Å². The van der Waals surface area contributed by atoms with Crippen LogP contribution in [0.4, 0.5) is 11.4 Å². The van der Waals surface area contributed by atoms with Crippen molar-refractivity contribution < 1.29 is 0 Å². The maximum Gasteiger partial charge on any atom is 0.290 e. The first-order valence-electron chi connectivity index (χ1n) is 8.95. The summed E-state index contributed by atoms with van der Waals surface area (Å²) in [6.45, 7) is 4.47. The first kappa shape index (κ1) is 17.0. The third-order valence-electron chi connectivity index (χ3n) is 4.54. The highest BCUT2D eigenvalue weighted by atomic mass is 16.1. The summed E-state index contributed by atoms with van der Waals surface area (Å²) < 4.78 is 1.49. The molecule has 0 amide bonds. The molecule has 0 saturated carbocycles. The Morgan fingerprint density at radius 2 is 1.81 bits per heavy atom. The largest absolute Gasteiger partial charge is 0.350 e. The molecule has 2 aromatic carbocycles. The molecule has 0 unspecified atom stereocenters. The Morgan fingerprint density at radius 3 is 2.59 bits per heavy atom. The number of aromatic nitrogens is 3. The molecule has 0 aliphatic rings. The summed E-state index contributed by atoms with van der Waals surface area (Å²) in [6, 6.07) is 19.7. The van der Waals surface area contributed by atoms with Gasteiger partial charge >= 0.3 is 0 Å². The average molecular weight is 356 g/mol. The maximum absolute atomic E-state index is 12.8. The number of hydrogen-bond donors (Lipinski definition) is 1. The van der Waals surface area contributed by atoms with Gasteiger partial charge in [0.2, 0.25) is 0 Å². The Morgan fingerprint density at radius 1 is 1.00 bits per heavy atom. The summed E-state index contributed by atoms with van der Waals surface area (Å²) in [5.41, 5.74) is 5.01. The third-order valence-corrected chi connectivity index (χ3v) is 4.54. The predicted molar refractivity (Wildman–Crippen MR) is 109 cm³/mol. The number of anilines is 2. The third kappa shape index (κ3) is 3.31. The predicted octanol–water partition coefficient (Wildman–Crippen LogP) is 4.53. The lowest BCUT2D eigenvalue weighted by atomic mass is 10.1. The van der Waals surface area contributed by atoms with Gasteiger partial charge in [-0.25, -0.2) is 4.68 Å². The van der Waals surface area contributed by atoms with Crippen molar-refractivity contribution in [2.75, 3.05) is 5.32 Å². The zero-order valence-electron chi connectivity index (χ0n) is 15.3. The van der Waals surface area contributed by atoms with Crippen LogP contribution in [0.5, 0.6) is 0 Å². The molecule has 0 fully saturated rings. The number of nitrogens with zero attached hydrogens (tertiary/aromatic N) is 3. The SMILES string of the molecule is CCn1nc(-c2ccc(C)cc2)cc(Nc2cccc3ncccc23)c1=O. The summed E-state index contributed by atoms with van der Waals surface area (Å²) in [5.74, 6) is 0. The van der Waals surface area contributed by atoms with Gasteiger partial charge in [0.15, 0.2) is 0 Å². The van der Waals surface area contributed by atoms with E-state index in [9.17, 15) is 4.79 Å². The van der Waals surface area contributed by atoms with E-state index < -0.39 is 0 Å². The fraction of sp³-hybridized carbons (Fsp3) is 0.136. The summed E-state index contributed by atoms with van der Waals surface area (Å²) in [7, 11) is 0. The van der Waals surface area contributed by atoms with Gasteiger partial charge in [-0.15, -0.1) is 0 Å². The molecule has 2 heterocycles. The van der Waals surface area contributed by atoms with Gasteiger partial charge in [-0.2, -0.15) is 5.10 Å². The van der Waals surface area contributed by atoms with Crippen LogP contribution in [0.2, 0.25) is 0 Å². The number of nitrogens with one attached hydrogen (secondary N) is 1. The fourth-order valence-electron chi connectivity index (χ4n) is 3.07. The molecular weight excluding hydrogens is 336 g/mol. The number of pyridine rings is 1. The van der Waals surface area contributed by atoms with E-state index in [2.05, 4.69) is 15.4 Å². The molecule has 0 aliphatic heterocycles. The van der Waals surface area contributed by atoms with E-state index in [4.69, 9.17) is 0 Å². The van der Waals surface area contributed by atoms with E-state index in [1.54, 1.807) is 6.20 Å². The van der Waals surface area contributed by atoms with E-state index in [1.165, 1.54) is 10.2 Å². The first-order valence-corrected chi connectivity index (χ1v) is 8.95. The normalized spacial score (nSPS) is 10.9. The van der Waals surface area contributed by atoms with Crippen LogP contribution in [0.3, 0.4) is 0 Å². The van der Waals surface area contributed by atoms with Gasteiger partial charge in [0.25, 0.3) is 5.56 Å². The minimum Gasteiger partial charge on any atom is -0.350 e. The molecule has 0 saturated heterocycles. The minimum atomic E-state index is -0.144. The van der Waals surface area contributed by atoms with Crippen LogP contribution in [0.1, 0.15) is 12.5 Å². The van der Waals surface area contributed by atoms with E-state index in [0.717, 1.165) is 27.8 Å². The zero-order chi connectivity index (χ0) is 18.8. The molecule has 27 heavy (non-hydrogen) atoms. The van der Waals surface area contributed by atoms with Gasteiger partial charge in [0.05, 0.1) is 11.2 Å². The highest BCUT2D eigenvalue weighted by Crippen LogP contribution is 2.25. The Labute approximate surface area is 157 Å². The first-order chi connectivity index (χ1) is 13.2. The number of rotatable bonds is 4. The second-order valence-electron chi connectivity index (χ2n) is 6.43. The second-order valence-corrected chi connectivity index (χ2v) is 6.43. The molecule has 134 valence electrons. The van der Waals surface area contributed by atoms with E-state index in [0.29, 0.717) is 12.2 Å². The van der Waals surface area contributed by atoms with Crippen molar-refractivity contribution in [1.82, 2.24) is 14.8 Å². The Hall–Kier alpha value is -3.47. The number of benzene rings is 2. The smallest absolute Gasteiger partial charge is 0.290 e. The molecule has 5 nitrogen and oxygen atoms in total. The van der Waals surface area contributed by atoms with Crippen molar-refractivity contribution in [2.24, 2.45) is 0 Å². The number of hydrogen-bond acceptors (Lipinski definition) is 4. The van der Waals surface area contributed by atoms with Crippen LogP contribution in [-0.2, 0) is 6.54 Å².